The SMILES string of the molecule is O=C1C[C@H](C(=O)N2CCCC[C@H]2Cn2cccn2)CN1CC1CC1. The standard InChI is InChI=1S/C18H26N4O2/c23-17-10-15(12-20(17)11-14-5-6-14)18(24)22-9-2-1-4-16(22)13-21-8-3-7-19-21/h3,7-8,14-16H,1-2,4-6,9-13H2/t15-,16-/m0/s1. The van der Waals surface area contributed by atoms with Crippen LogP contribution in [0.15, 0.2) is 18.5 Å². The van der Waals surface area contributed by atoms with Gasteiger partial charge in [0.25, 0.3) is 0 Å². The minimum atomic E-state index is -0.144. The van der Waals surface area contributed by atoms with Crippen molar-refractivity contribution in [2.75, 3.05) is 19.6 Å². The molecule has 0 aromatic carbocycles. The van der Waals surface area contributed by atoms with Gasteiger partial charge in [0.2, 0.25) is 11.8 Å². The number of likely N-dealkylation sites (tertiary alicyclic amines) is 2. The molecule has 2 aliphatic heterocycles. The maximum Gasteiger partial charge on any atom is 0.228 e. The van der Waals surface area contributed by atoms with Gasteiger partial charge >= 0.3 is 0 Å². The van der Waals surface area contributed by atoms with E-state index >= 15 is 0 Å². The number of amides is 2. The fourth-order valence-electron chi connectivity index (χ4n) is 4.07. The summed E-state index contributed by atoms with van der Waals surface area (Å²) in [5, 5.41) is 4.28. The second kappa shape index (κ2) is 6.57. The van der Waals surface area contributed by atoms with E-state index in [0.717, 1.165) is 38.9 Å². The highest BCUT2D eigenvalue weighted by Gasteiger charge is 2.40. The van der Waals surface area contributed by atoms with Gasteiger partial charge in [-0.1, -0.05) is 0 Å². The normalized spacial score (nSPS) is 27.8. The summed E-state index contributed by atoms with van der Waals surface area (Å²) in [4.78, 5) is 29.2. The summed E-state index contributed by atoms with van der Waals surface area (Å²) >= 11 is 0. The van der Waals surface area contributed by atoms with Crippen LogP contribution in [0.3, 0.4) is 0 Å². The van der Waals surface area contributed by atoms with Gasteiger partial charge in [0.15, 0.2) is 0 Å². The number of aromatic nitrogens is 2. The maximum atomic E-state index is 13.0. The highest BCUT2D eigenvalue weighted by atomic mass is 16.2. The van der Waals surface area contributed by atoms with E-state index in [2.05, 4.69) is 5.10 Å². The molecule has 1 saturated carbocycles. The predicted octanol–water partition coefficient (Wildman–Crippen LogP) is 1.52. The van der Waals surface area contributed by atoms with Gasteiger partial charge in [0.1, 0.15) is 0 Å². The molecule has 3 fully saturated rings. The van der Waals surface area contributed by atoms with Gasteiger partial charge in [-0.25, -0.2) is 0 Å². The zero-order chi connectivity index (χ0) is 16.5. The fraction of sp³-hybridized carbons (Fsp3) is 0.722. The van der Waals surface area contributed by atoms with Crippen molar-refractivity contribution in [3.05, 3.63) is 18.5 Å². The maximum absolute atomic E-state index is 13.0. The molecule has 1 aliphatic carbocycles. The number of nitrogens with zero attached hydrogens (tertiary/aromatic N) is 4. The van der Waals surface area contributed by atoms with E-state index in [0.29, 0.717) is 18.9 Å². The Morgan fingerprint density at radius 2 is 2.08 bits per heavy atom. The topological polar surface area (TPSA) is 58.4 Å². The summed E-state index contributed by atoms with van der Waals surface area (Å²) in [5.74, 6) is 0.888. The van der Waals surface area contributed by atoms with E-state index in [1.54, 1.807) is 6.20 Å². The van der Waals surface area contributed by atoms with E-state index in [9.17, 15) is 9.59 Å². The van der Waals surface area contributed by atoms with Crippen molar-refractivity contribution in [3.8, 4) is 0 Å². The van der Waals surface area contributed by atoms with E-state index < -0.39 is 0 Å². The van der Waals surface area contributed by atoms with Gasteiger partial charge in [0.05, 0.1) is 18.5 Å². The highest BCUT2D eigenvalue weighted by Crippen LogP contribution is 2.33. The van der Waals surface area contributed by atoms with Crippen LogP contribution in [0.2, 0.25) is 0 Å². The van der Waals surface area contributed by atoms with E-state index in [4.69, 9.17) is 0 Å². The second-order valence-corrected chi connectivity index (χ2v) is 7.55. The van der Waals surface area contributed by atoms with Gasteiger partial charge < -0.3 is 9.80 Å². The third-order valence-electron chi connectivity index (χ3n) is 5.61. The Balaban J connectivity index is 1.40. The monoisotopic (exact) mass is 330 g/mol. The highest BCUT2D eigenvalue weighted by molar-refractivity contribution is 5.89. The molecule has 0 spiro atoms. The molecule has 2 amide bonds. The molecule has 1 aromatic rings. The van der Waals surface area contributed by atoms with Crippen molar-refractivity contribution in [1.82, 2.24) is 19.6 Å². The average Bonchev–Trinajstić information content (AvgIpc) is 3.11. The Hall–Kier alpha value is -1.85. The zero-order valence-corrected chi connectivity index (χ0v) is 14.1. The van der Waals surface area contributed by atoms with E-state index in [1.807, 2.05) is 26.7 Å². The smallest absolute Gasteiger partial charge is 0.228 e. The van der Waals surface area contributed by atoms with Crippen LogP contribution in [-0.2, 0) is 16.1 Å². The molecule has 3 heterocycles. The minimum Gasteiger partial charge on any atom is -0.342 e. The molecule has 4 rings (SSSR count). The molecule has 3 aliphatic rings. The third kappa shape index (κ3) is 3.32. The first-order valence-corrected chi connectivity index (χ1v) is 9.26. The molecule has 0 N–H and O–H groups in total. The first-order valence-electron chi connectivity index (χ1n) is 9.26. The molecular weight excluding hydrogens is 304 g/mol. The van der Waals surface area contributed by atoms with Crippen molar-refractivity contribution in [2.45, 2.75) is 51.1 Å². The van der Waals surface area contributed by atoms with Gasteiger partial charge in [-0.3, -0.25) is 14.3 Å². The zero-order valence-electron chi connectivity index (χ0n) is 14.1. The number of piperidine rings is 1. The number of hydrogen-bond acceptors (Lipinski definition) is 3. The lowest BCUT2D eigenvalue weighted by Crippen LogP contribution is -2.48. The number of hydrogen-bond donors (Lipinski definition) is 0. The number of carbonyl (C=O) groups excluding carboxylic acids is 2. The van der Waals surface area contributed by atoms with Crippen molar-refractivity contribution >= 4 is 11.8 Å². The van der Waals surface area contributed by atoms with Crippen LogP contribution in [-0.4, -0.2) is 57.1 Å². The molecule has 1 aromatic heterocycles. The van der Waals surface area contributed by atoms with Gasteiger partial charge in [-0.2, -0.15) is 5.10 Å². The molecule has 6 nitrogen and oxygen atoms in total. The summed E-state index contributed by atoms with van der Waals surface area (Å²) in [6, 6.07) is 2.12. The average molecular weight is 330 g/mol. The van der Waals surface area contributed by atoms with Crippen molar-refractivity contribution < 1.29 is 9.59 Å². The fourth-order valence-corrected chi connectivity index (χ4v) is 4.07. The van der Waals surface area contributed by atoms with Crippen LogP contribution in [0, 0.1) is 11.8 Å². The molecule has 0 bridgehead atoms. The van der Waals surface area contributed by atoms with Gasteiger partial charge in [-0.05, 0) is 44.1 Å². The molecular formula is C18H26N4O2. The van der Waals surface area contributed by atoms with Crippen molar-refractivity contribution in [1.29, 1.82) is 0 Å². The molecule has 0 unspecified atom stereocenters. The minimum absolute atomic E-state index is 0.144. The van der Waals surface area contributed by atoms with Crippen LogP contribution < -0.4 is 0 Å². The molecule has 6 heteroatoms. The van der Waals surface area contributed by atoms with Crippen LogP contribution >= 0.6 is 0 Å². The van der Waals surface area contributed by atoms with Gasteiger partial charge in [0, 0.05) is 38.4 Å². The summed E-state index contributed by atoms with van der Waals surface area (Å²) < 4.78 is 1.91. The van der Waals surface area contributed by atoms with Gasteiger partial charge in [-0.15, -0.1) is 0 Å². The van der Waals surface area contributed by atoms with Crippen LogP contribution in [0.5, 0.6) is 0 Å². The summed E-state index contributed by atoms with van der Waals surface area (Å²) in [5.41, 5.74) is 0. The first-order chi connectivity index (χ1) is 11.7. The second-order valence-electron chi connectivity index (χ2n) is 7.55. The Morgan fingerprint density at radius 1 is 1.21 bits per heavy atom. The van der Waals surface area contributed by atoms with Crippen LogP contribution in [0.4, 0.5) is 0 Å². The van der Waals surface area contributed by atoms with E-state index in [-0.39, 0.29) is 23.8 Å². The Morgan fingerprint density at radius 3 is 2.83 bits per heavy atom. The summed E-state index contributed by atoms with van der Waals surface area (Å²) in [6.07, 6.45) is 9.85. The Labute approximate surface area is 142 Å². The molecule has 2 atom stereocenters. The lowest BCUT2D eigenvalue weighted by Gasteiger charge is -2.37. The number of rotatable bonds is 5. The van der Waals surface area contributed by atoms with Crippen LogP contribution in [0.1, 0.15) is 38.5 Å². The Bertz CT molecular complexity index is 596. The molecule has 2 saturated heterocycles. The molecule has 24 heavy (non-hydrogen) atoms. The van der Waals surface area contributed by atoms with E-state index in [1.165, 1.54) is 12.8 Å². The van der Waals surface area contributed by atoms with Crippen molar-refractivity contribution in [2.24, 2.45) is 11.8 Å². The van der Waals surface area contributed by atoms with Crippen LogP contribution in [0.25, 0.3) is 0 Å². The quantitative estimate of drug-likeness (QED) is 0.822. The largest absolute Gasteiger partial charge is 0.342 e. The number of carbonyl (C=O) groups is 2. The lowest BCUT2D eigenvalue weighted by atomic mass is 9.98. The Kier molecular flexibility index (Phi) is 4.29. The first kappa shape index (κ1) is 15.7. The third-order valence-corrected chi connectivity index (χ3v) is 5.61. The predicted molar refractivity (Wildman–Crippen MR) is 89.0 cm³/mol. The summed E-state index contributed by atoms with van der Waals surface area (Å²) in [7, 11) is 0. The van der Waals surface area contributed by atoms with Crippen molar-refractivity contribution in [3.63, 3.8) is 0 Å². The summed E-state index contributed by atoms with van der Waals surface area (Å²) in [6.45, 7) is 3.06. The molecule has 130 valence electrons. The molecule has 0 radical (unpaired) electrons. The lowest BCUT2D eigenvalue weighted by molar-refractivity contribution is -0.139.